The minimum atomic E-state index is -0.0535. The van der Waals surface area contributed by atoms with Crippen molar-refractivity contribution in [2.45, 2.75) is 19.3 Å². The van der Waals surface area contributed by atoms with E-state index in [2.05, 4.69) is 24.3 Å². The molecule has 1 fully saturated rings. The molecule has 0 unspecified atom stereocenters. The van der Waals surface area contributed by atoms with Gasteiger partial charge in [0.2, 0.25) is 0 Å². The van der Waals surface area contributed by atoms with Crippen molar-refractivity contribution in [1.82, 2.24) is 4.90 Å². The monoisotopic (exact) mass is 367 g/mol. The number of piperidine rings is 1. The topological polar surface area (TPSA) is 55.8 Å². The SMILES string of the molecule is COc1ccc(C=O)cc1OCC(=O)N1CCC(Cc2ccccc2)CC1. The van der Waals surface area contributed by atoms with E-state index in [1.165, 1.54) is 12.7 Å². The number of amides is 1. The zero-order chi connectivity index (χ0) is 19.1. The first-order chi connectivity index (χ1) is 13.2. The molecule has 1 aliphatic rings. The van der Waals surface area contributed by atoms with Crippen LogP contribution in [0.2, 0.25) is 0 Å². The number of hydrogen-bond donors (Lipinski definition) is 0. The molecule has 0 bridgehead atoms. The van der Waals surface area contributed by atoms with E-state index in [1.807, 2.05) is 11.0 Å². The molecule has 0 aliphatic carbocycles. The van der Waals surface area contributed by atoms with Crippen molar-refractivity contribution < 1.29 is 19.1 Å². The third-order valence-corrected chi connectivity index (χ3v) is 5.01. The average Bonchev–Trinajstić information content (AvgIpc) is 2.73. The van der Waals surface area contributed by atoms with E-state index in [4.69, 9.17) is 9.47 Å². The van der Waals surface area contributed by atoms with Gasteiger partial charge in [-0.25, -0.2) is 0 Å². The summed E-state index contributed by atoms with van der Waals surface area (Å²) in [5.74, 6) is 1.50. The van der Waals surface area contributed by atoms with Crippen LogP contribution >= 0.6 is 0 Å². The van der Waals surface area contributed by atoms with Gasteiger partial charge >= 0.3 is 0 Å². The van der Waals surface area contributed by atoms with Crippen molar-refractivity contribution >= 4 is 12.2 Å². The first-order valence-electron chi connectivity index (χ1n) is 9.27. The van der Waals surface area contributed by atoms with Gasteiger partial charge in [0, 0.05) is 18.7 Å². The summed E-state index contributed by atoms with van der Waals surface area (Å²) in [6.07, 6.45) is 3.82. The normalized spacial score (nSPS) is 14.6. The highest BCUT2D eigenvalue weighted by atomic mass is 16.5. The fraction of sp³-hybridized carbons (Fsp3) is 0.364. The lowest BCUT2D eigenvalue weighted by atomic mass is 9.90. The maximum Gasteiger partial charge on any atom is 0.260 e. The smallest absolute Gasteiger partial charge is 0.260 e. The van der Waals surface area contributed by atoms with Crippen LogP contribution in [0.25, 0.3) is 0 Å². The van der Waals surface area contributed by atoms with Crippen LogP contribution in [0.1, 0.15) is 28.8 Å². The van der Waals surface area contributed by atoms with Crippen molar-refractivity contribution in [3.05, 3.63) is 59.7 Å². The van der Waals surface area contributed by atoms with E-state index in [1.54, 1.807) is 18.2 Å². The van der Waals surface area contributed by atoms with Crippen molar-refractivity contribution in [3.8, 4) is 11.5 Å². The lowest BCUT2D eigenvalue weighted by Gasteiger charge is -2.32. The molecule has 2 aromatic rings. The number of aldehydes is 1. The van der Waals surface area contributed by atoms with Crippen LogP contribution in [0.15, 0.2) is 48.5 Å². The van der Waals surface area contributed by atoms with Crippen LogP contribution in [0.5, 0.6) is 11.5 Å². The van der Waals surface area contributed by atoms with Crippen LogP contribution in [0, 0.1) is 5.92 Å². The summed E-state index contributed by atoms with van der Waals surface area (Å²) in [5.41, 5.74) is 1.84. The zero-order valence-corrected chi connectivity index (χ0v) is 15.6. The van der Waals surface area contributed by atoms with Gasteiger partial charge in [-0.2, -0.15) is 0 Å². The summed E-state index contributed by atoms with van der Waals surface area (Å²) < 4.78 is 10.9. The molecule has 0 saturated carbocycles. The number of methoxy groups -OCH3 is 1. The number of nitrogens with zero attached hydrogens (tertiary/aromatic N) is 1. The predicted octanol–water partition coefficient (Wildman–Crippen LogP) is 3.37. The molecular weight excluding hydrogens is 342 g/mol. The van der Waals surface area contributed by atoms with Crippen molar-refractivity contribution in [1.29, 1.82) is 0 Å². The first-order valence-corrected chi connectivity index (χ1v) is 9.27. The molecule has 0 atom stereocenters. The lowest BCUT2D eigenvalue weighted by molar-refractivity contribution is -0.134. The summed E-state index contributed by atoms with van der Waals surface area (Å²) in [7, 11) is 1.53. The molecule has 1 heterocycles. The number of carbonyl (C=O) groups is 2. The molecule has 5 heteroatoms. The summed E-state index contributed by atoms with van der Waals surface area (Å²) in [4.78, 5) is 25.3. The Balaban J connectivity index is 1.49. The molecule has 0 radical (unpaired) electrons. The first kappa shape index (κ1) is 19.0. The minimum absolute atomic E-state index is 0.0354. The molecule has 0 N–H and O–H groups in total. The fourth-order valence-corrected chi connectivity index (χ4v) is 3.44. The molecule has 3 rings (SSSR count). The molecule has 1 saturated heterocycles. The van der Waals surface area contributed by atoms with Gasteiger partial charge in [0.25, 0.3) is 5.91 Å². The summed E-state index contributed by atoms with van der Waals surface area (Å²) in [6, 6.07) is 15.4. The second-order valence-electron chi connectivity index (χ2n) is 6.83. The van der Waals surface area contributed by atoms with Gasteiger partial charge in [-0.15, -0.1) is 0 Å². The molecule has 142 valence electrons. The Bertz CT molecular complexity index is 767. The van der Waals surface area contributed by atoms with E-state index < -0.39 is 0 Å². The zero-order valence-electron chi connectivity index (χ0n) is 15.6. The maximum absolute atomic E-state index is 12.5. The third kappa shape index (κ3) is 5.09. The molecule has 27 heavy (non-hydrogen) atoms. The maximum atomic E-state index is 12.5. The molecule has 1 aliphatic heterocycles. The molecule has 0 spiro atoms. The number of benzene rings is 2. The van der Waals surface area contributed by atoms with Crippen LogP contribution in [0.4, 0.5) is 0 Å². The molecule has 5 nitrogen and oxygen atoms in total. The van der Waals surface area contributed by atoms with Crippen LogP contribution < -0.4 is 9.47 Å². The highest BCUT2D eigenvalue weighted by Gasteiger charge is 2.23. The van der Waals surface area contributed by atoms with Crippen molar-refractivity contribution in [2.75, 3.05) is 26.8 Å². The lowest BCUT2D eigenvalue weighted by Crippen LogP contribution is -2.41. The summed E-state index contributed by atoms with van der Waals surface area (Å²) >= 11 is 0. The second kappa shape index (κ2) is 9.21. The number of ether oxygens (including phenoxy) is 2. The van der Waals surface area contributed by atoms with E-state index in [-0.39, 0.29) is 12.5 Å². The van der Waals surface area contributed by atoms with Gasteiger partial charge in [0.1, 0.15) is 6.29 Å². The van der Waals surface area contributed by atoms with Gasteiger partial charge in [-0.3, -0.25) is 9.59 Å². The van der Waals surface area contributed by atoms with E-state index in [0.717, 1.165) is 38.6 Å². The molecular formula is C22H25NO4. The van der Waals surface area contributed by atoms with E-state index in [9.17, 15) is 9.59 Å². The fourth-order valence-electron chi connectivity index (χ4n) is 3.44. The highest BCUT2D eigenvalue weighted by molar-refractivity contribution is 5.79. The van der Waals surface area contributed by atoms with Gasteiger partial charge < -0.3 is 14.4 Å². The third-order valence-electron chi connectivity index (χ3n) is 5.01. The van der Waals surface area contributed by atoms with Gasteiger partial charge in [-0.1, -0.05) is 30.3 Å². The minimum Gasteiger partial charge on any atom is -0.493 e. The largest absolute Gasteiger partial charge is 0.493 e. The second-order valence-corrected chi connectivity index (χ2v) is 6.83. The van der Waals surface area contributed by atoms with Gasteiger partial charge in [-0.05, 0) is 48.9 Å². The Morgan fingerprint density at radius 3 is 2.52 bits per heavy atom. The molecule has 1 amide bonds. The van der Waals surface area contributed by atoms with Crippen LogP contribution in [0.3, 0.4) is 0 Å². The van der Waals surface area contributed by atoms with Crippen LogP contribution in [-0.4, -0.2) is 43.9 Å². The number of hydrogen-bond acceptors (Lipinski definition) is 4. The van der Waals surface area contributed by atoms with Crippen molar-refractivity contribution in [3.63, 3.8) is 0 Å². The standard InChI is InChI=1S/C22H25NO4/c1-26-20-8-7-19(15-24)14-21(20)27-16-22(25)23-11-9-18(10-12-23)13-17-5-3-2-4-6-17/h2-8,14-15,18H,9-13,16H2,1H3. The molecule has 2 aromatic carbocycles. The Kier molecular flexibility index (Phi) is 6.47. The summed E-state index contributed by atoms with van der Waals surface area (Å²) in [6.45, 7) is 1.46. The van der Waals surface area contributed by atoms with Gasteiger partial charge in [0.15, 0.2) is 18.1 Å². The predicted molar refractivity (Wildman–Crippen MR) is 103 cm³/mol. The average molecular weight is 367 g/mol. The Labute approximate surface area is 159 Å². The van der Waals surface area contributed by atoms with Gasteiger partial charge in [0.05, 0.1) is 7.11 Å². The van der Waals surface area contributed by atoms with Crippen molar-refractivity contribution in [2.24, 2.45) is 5.92 Å². The quantitative estimate of drug-likeness (QED) is 0.704. The van der Waals surface area contributed by atoms with Crippen LogP contribution in [-0.2, 0) is 11.2 Å². The Morgan fingerprint density at radius 2 is 1.85 bits per heavy atom. The molecule has 0 aromatic heterocycles. The van der Waals surface area contributed by atoms with E-state index in [0.29, 0.717) is 23.0 Å². The number of rotatable bonds is 7. The summed E-state index contributed by atoms with van der Waals surface area (Å²) in [5, 5.41) is 0. The Morgan fingerprint density at radius 1 is 1.11 bits per heavy atom. The Hall–Kier alpha value is -2.82. The number of carbonyl (C=O) groups excluding carboxylic acids is 2. The van der Waals surface area contributed by atoms with E-state index >= 15 is 0 Å². The number of likely N-dealkylation sites (tertiary alicyclic amines) is 1. The highest BCUT2D eigenvalue weighted by Crippen LogP contribution is 2.28.